The molecular formula is C13H13ClF3NO2. The van der Waals surface area contributed by atoms with Gasteiger partial charge < -0.3 is 15.9 Å². The first kappa shape index (κ1) is 16.6. The van der Waals surface area contributed by atoms with Crippen LogP contribution in [0, 0.1) is 0 Å². The average Bonchev–Trinajstić information content (AvgIpc) is 2.37. The Morgan fingerprint density at radius 1 is 1.00 bits per heavy atom. The van der Waals surface area contributed by atoms with E-state index in [0.717, 1.165) is 0 Å². The van der Waals surface area contributed by atoms with Crippen molar-refractivity contribution in [1.29, 1.82) is 0 Å². The number of hydrogen-bond acceptors (Lipinski definition) is 3. The van der Waals surface area contributed by atoms with Crippen molar-refractivity contribution >= 4 is 23.2 Å². The lowest BCUT2D eigenvalue weighted by Gasteiger charge is -2.23. The van der Waals surface area contributed by atoms with Crippen LogP contribution in [0.25, 0.3) is 10.8 Å². The zero-order valence-electron chi connectivity index (χ0n) is 10.1. The smallest absolute Gasteiger partial charge is 0.416 e. The quantitative estimate of drug-likeness (QED) is 0.799. The maximum absolute atomic E-state index is 12.5. The Hall–Kier alpha value is -1.50. The zero-order valence-corrected chi connectivity index (χ0v) is 10.9. The van der Waals surface area contributed by atoms with Crippen LogP contribution in [0.1, 0.15) is 11.6 Å². The molecule has 0 fully saturated rings. The minimum absolute atomic E-state index is 0. The van der Waals surface area contributed by atoms with Crippen molar-refractivity contribution < 1.29 is 23.4 Å². The Labute approximate surface area is 119 Å². The molecule has 0 heterocycles. The molecule has 0 aromatic heterocycles. The van der Waals surface area contributed by atoms with Gasteiger partial charge in [-0.2, -0.15) is 13.2 Å². The fourth-order valence-corrected chi connectivity index (χ4v) is 1.97. The number of aliphatic hydroxyl groups excluding tert-OH is 1. The van der Waals surface area contributed by atoms with Crippen molar-refractivity contribution in [3.63, 3.8) is 0 Å². The fraction of sp³-hybridized carbons (Fsp3) is 0.231. The van der Waals surface area contributed by atoms with E-state index in [1.54, 1.807) is 24.3 Å². The first-order valence-electron chi connectivity index (χ1n) is 5.53. The van der Waals surface area contributed by atoms with E-state index in [1.165, 1.54) is 12.1 Å². The van der Waals surface area contributed by atoms with Gasteiger partial charge in [-0.1, -0.05) is 30.3 Å². The van der Waals surface area contributed by atoms with E-state index >= 15 is 0 Å². The van der Waals surface area contributed by atoms with Gasteiger partial charge in [0.25, 0.3) is 0 Å². The molecule has 0 amide bonds. The minimum atomic E-state index is -4.79. The summed E-state index contributed by atoms with van der Waals surface area (Å²) in [7, 11) is 0. The first-order valence-corrected chi connectivity index (χ1v) is 5.53. The molecule has 110 valence electrons. The molecule has 2 aromatic rings. The molecule has 0 radical (unpaired) electrons. The Bertz CT molecular complexity index is 604. The summed E-state index contributed by atoms with van der Waals surface area (Å²) < 4.78 is 37.5. The molecular weight excluding hydrogens is 295 g/mol. The van der Waals surface area contributed by atoms with Crippen molar-refractivity contribution in [3.05, 3.63) is 42.0 Å². The van der Waals surface area contributed by atoms with Gasteiger partial charge in [0.15, 0.2) is 6.10 Å². The second-order valence-corrected chi connectivity index (χ2v) is 4.23. The molecule has 20 heavy (non-hydrogen) atoms. The number of benzene rings is 2. The highest BCUT2D eigenvalue weighted by molar-refractivity contribution is 5.91. The lowest BCUT2D eigenvalue weighted by Crippen LogP contribution is -2.38. The Morgan fingerprint density at radius 3 is 2.10 bits per heavy atom. The number of nitrogens with two attached hydrogens (primary N) is 1. The van der Waals surface area contributed by atoms with Gasteiger partial charge in [0, 0.05) is 5.39 Å². The number of phenolic OH excluding ortho intramolecular Hbond substituents is 1. The molecule has 0 aliphatic heterocycles. The highest BCUT2D eigenvalue weighted by atomic mass is 35.5. The number of phenols is 1. The Kier molecular flexibility index (Phi) is 4.86. The van der Waals surface area contributed by atoms with E-state index in [1.807, 2.05) is 0 Å². The van der Waals surface area contributed by atoms with Gasteiger partial charge in [0.1, 0.15) is 5.75 Å². The van der Waals surface area contributed by atoms with Crippen LogP contribution in [0.2, 0.25) is 0 Å². The number of halogens is 4. The zero-order chi connectivity index (χ0) is 14.2. The third-order valence-corrected chi connectivity index (χ3v) is 2.97. The van der Waals surface area contributed by atoms with Crippen LogP contribution in [-0.2, 0) is 0 Å². The SMILES string of the molecule is Cl.N[C@@H](c1ccc(O)c2ccccc12)[C@H](O)C(F)(F)F. The van der Waals surface area contributed by atoms with Gasteiger partial charge in [-0.25, -0.2) is 0 Å². The van der Waals surface area contributed by atoms with Gasteiger partial charge in [-0.15, -0.1) is 12.4 Å². The minimum Gasteiger partial charge on any atom is -0.507 e. The summed E-state index contributed by atoms with van der Waals surface area (Å²) in [5.41, 5.74) is 5.63. The van der Waals surface area contributed by atoms with Crippen molar-refractivity contribution in [1.82, 2.24) is 0 Å². The Morgan fingerprint density at radius 2 is 1.55 bits per heavy atom. The third kappa shape index (κ3) is 2.98. The number of hydrogen-bond donors (Lipinski definition) is 3. The summed E-state index contributed by atoms with van der Waals surface area (Å²) in [5, 5.41) is 19.7. The van der Waals surface area contributed by atoms with E-state index in [-0.39, 0.29) is 23.7 Å². The predicted octanol–water partition coefficient (Wildman–Crippen LogP) is 2.89. The fourth-order valence-electron chi connectivity index (χ4n) is 1.97. The van der Waals surface area contributed by atoms with Crippen LogP contribution < -0.4 is 5.73 Å². The second kappa shape index (κ2) is 5.87. The van der Waals surface area contributed by atoms with Crippen molar-refractivity contribution in [2.75, 3.05) is 0 Å². The van der Waals surface area contributed by atoms with Crippen molar-refractivity contribution in [2.24, 2.45) is 5.73 Å². The molecule has 3 nitrogen and oxygen atoms in total. The molecule has 0 bridgehead atoms. The molecule has 2 rings (SSSR count). The maximum Gasteiger partial charge on any atom is 0.416 e. The topological polar surface area (TPSA) is 66.5 Å². The number of aliphatic hydroxyl groups is 1. The number of rotatable bonds is 2. The number of aromatic hydroxyl groups is 1. The molecule has 2 atom stereocenters. The summed E-state index contributed by atoms with van der Waals surface area (Å²) in [6.45, 7) is 0. The molecule has 0 unspecified atom stereocenters. The standard InChI is InChI=1S/C13H12F3NO2.ClH/c14-13(15,16)12(19)11(17)9-5-6-10(18)8-4-2-1-3-7(8)9;/h1-6,11-12,18-19H,17H2;1H/t11-,12-;/m0./s1. The van der Waals surface area contributed by atoms with E-state index in [2.05, 4.69) is 0 Å². The lowest BCUT2D eigenvalue weighted by atomic mass is 9.95. The molecule has 0 aliphatic rings. The van der Waals surface area contributed by atoms with Crippen molar-refractivity contribution in [2.45, 2.75) is 18.3 Å². The number of fused-ring (bicyclic) bond motifs is 1. The second-order valence-electron chi connectivity index (χ2n) is 4.23. The summed E-state index contributed by atoms with van der Waals surface area (Å²) in [4.78, 5) is 0. The van der Waals surface area contributed by atoms with E-state index < -0.39 is 18.3 Å². The molecule has 0 saturated carbocycles. The normalized spacial score (nSPS) is 14.7. The highest BCUT2D eigenvalue weighted by Crippen LogP contribution is 2.34. The molecule has 4 N–H and O–H groups in total. The summed E-state index contributed by atoms with van der Waals surface area (Å²) >= 11 is 0. The predicted molar refractivity (Wildman–Crippen MR) is 71.9 cm³/mol. The summed E-state index contributed by atoms with van der Waals surface area (Å²) in [6.07, 6.45) is -7.45. The van der Waals surface area contributed by atoms with E-state index in [0.29, 0.717) is 10.8 Å². The van der Waals surface area contributed by atoms with Crippen LogP contribution in [0.3, 0.4) is 0 Å². The van der Waals surface area contributed by atoms with Gasteiger partial charge >= 0.3 is 6.18 Å². The number of alkyl halides is 3. The Balaban J connectivity index is 0.00000200. The first-order chi connectivity index (χ1) is 8.82. The van der Waals surface area contributed by atoms with Gasteiger partial charge in [-0.05, 0) is 17.0 Å². The average molecular weight is 308 g/mol. The molecule has 2 aromatic carbocycles. The van der Waals surface area contributed by atoms with Gasteiger partial charge in [-0.3, -0.25) is 0 Å². The maximum atomic E-state index is 12.5. The summed E-state index contributed by atoms with van der Waals surface area (Å²) in [6, 6.07) is 7.34. The van der Waals surface area contributed by atoms with Crippen LogP contribution in [0.15, 0.2) is 36.4 Å². The molecule has 0 saturated heterocycles. The highest BCUT2D eigenvalue weighted by Gasteiger charge is 2.43. The van der Waals surface area contributed by atoms with Gasteiger partial charge in [0.2, 0.25) is 0 Å². The van der Waals surface area contributed by atoms with Crippen molar-refractivity contribution in [3.8, 4) is 5.75 Å². The van der Waals surface area contributed by atoms with Crippen LogP contribution in [0.5, 0.6) is 5.75 Å². The van der Waals surface area contributed by atoms with E-state index in [4.69, 9.17) is 5.73 Å². The molecule has 0 spiro atoms. The van der Waals surface area contributed by atoms with Crippen LogP contribution in [-0.4, -0.2) is 22.5 Å². The molecule has 7 heteroatoms. The largest absolute Gasteiger partial charge is 0.507 e. The van der Waals surface area contributed by atoms with Crippen LogP contribution in [0.4, 0.5) is 13.2 Å². The van der Waals surface area contributed by atoms with E-state index in [9.17, 15) is 23.4 Å². The van der Waals surface area contributed by atoms with Gasteiger partial charge in [0.05, 0.1) is 6.04 Å². The van der Waals surface area contributed by atoms with Crippen LogP contribution >= 0.6 is 12.4 Å². The third-order valence-electron chi connectivity index (χ3n) is 2.97. The summed E-state index contributed by atoms with van der Waals surface area (Å²) in [5.74, 6) is -0.0481. The lowest BCUT2D eigenvalue weighted by molar-refractivity contribution is -0.210. The molecule has 0 aliphatic carbocycles. The monoisotopic (exact) mass is 307 g/mol.